The van der Waals surface area contributed by atoms with Crippen LogP contribution in [0.3, 0.4) is 0 Å². The van der Waals surface area contributed by atoms with E-state index in [-0.39, 0.29) is 6.04 Å². The smallest absolute Gasteiger partial charge is 0.262 e. The molecule has 0 saturated carbocycles. The molecule has 0 unspecified atom stereocenters. The highest BCUT2D eigenvalue weighted by Gasteiger charge is 2.33. The van der Waals surface area contributed by atoms with Gasteiger partial charge in [0.1, 0.15) is 6.04 Å². The normalized spacial score (nSPS) is 26.6. The SMILES string of the molecule is NC1([N+](=O)[O-])C=CC(/N=N/c2ccccc2)C=C1. The Morgan fingerprint density at radius 3 is 2.39 bits per heavy atom. The van der Waals surface area contributed by atoms with Crippen molar-refractivity contribution in [1.82, 2.24) is 0 Å². The molecule has 1 aromatic carbocycles. The molecule has 0 aromatic heterocycles. The van der Waals surface area contributed by atoms with Crippen molar-refractivity contribution in [2.75, 3.05) is 0 Å². The van der Waals surface area contributed by atoms with E-state index in [1.807, 2.05) is 30.3 Å². The summed E-state index contributed by atoms with van der Waals surface area (Å²) >= 11 is 0. The standard InChI is InChI=1S/C12H12N4O2/c13-12(16(17)18)8-6-11(7-9-12)15-14-10-4-2-1-3-5-10/h1-9,11H,13H2/b15-14+. The third kappa shape index (κ3) is 2.67. The fourth-order valence-corrected chi connectivity index (χ4v) is 1.45. The van der Waals surface area contributed by atoms with Gasteiger partial charge in [-0.15, -0.1) is 0 Å². The summed E-state index contributed by atoms with van der Waals surface area (Å²) in [6.45, 7) is 0. The maximum atomic E-state index is 10.7. The zero-order valence-electron chi connectivity index (χ0n) is 9.51. The molecule has 6 nitrogen and oxygen atoms in total. The summed E-state index contributed by atoms with van der Waals surface area (Å²) in [5.74, 6) is 0. The summed E-state index contributed by atoms with van der Waals surface area (Å²) in [5, 5.41) is 18.8. The second kappa shape index (κ2) is 4.89. The number of nitro groups is 1. The molecule has 1 aliphatic rings. The van der Waals surface area contributed by atoms with Crippen LogP contribution in [0, 0.1) is 10.1 Å². The zero-order valence-corrected chi connectivity index (χ0v) is 9.51. The number of benzene rings is 1. The lowest BCUT2D eigenvalue weighted by atomic mass is 10.0. The first-order valence-corrected chi connectivity index (χ1v) is 5.38. The summed E-state index contributed by atoms with van der Waals surface area (Å²) in [6.07, 6.45) is 5.77. The van der Waals surface area contributed by atoms with Gasteiger partial charge in [-0.3, -0.25) is 15.8 Å². The third-order valence-corrected chi connectivity index (χ3v) is 2.50. The van der Waals surface area contributed by atoms with Gasteiger partial charge in [0.15, 0.2) is 0 Å². The van der Waals surface area contributed by atoms with E-state index in [0.717, 1.165) is 5.69 Å². The Hall–Kier alpha value is -2.34. The second-order valence-corrected chi connectivity index (χ2v) is 3.90. The summed E-state index contributed by atoms with van der Waals surface area (Å²) in [6, 6.07) is 8.94. The lowest BCUT2D eigenvalue weighted by Crippen LogP contribution is -2.45. The van der Waals surface area contributed by atoms with Crippen LogP contribution in [0.15, 0.2) is 64.9 Å². The molecule has 0 radical (unpaired) electrons. The monoisotopic (exact) mass is 244 g/mol. The van der Waals surface area contributed by atoms with Crippen molar-refractivity contribution >= 4 is 5.69 Å². The number of hydrogen-bond acceptors (Lipinski definition) is 5. The van der Waals surface area contributed by atoms with E-state index < -0.39 is 10.6 Å². The molecule has 0 saturated heterocycles. The molecule has 92 valence electrons. The van der Waals surface area contributed by atoms with Crippen LogP contribution < -0.4 is 5.73 Å². The van der Waals surface area contributed by atoms with Crippen LogP contribution in [0.5, 0.6) is 0 Å². The Balaban J connectivity index is 2.05. The Labute approximate surface area is 104 Å². The van der Waals surface area contributed by atoms with Crippen molar-refractivity contribution in [3.63, 3.8) is 0 Å². The number of nitrogens with zero attached hydrogens (tertiary/aromatic N) is 3. The van der Waals surface area contributed by atoms with E-state index in [9.17, 15) is 10.1 Å². The first-order chi connectivity index (χ1) is 8.60. The number of hydrogen-bond donors (Lipinski definition) is 1. The minimum absolute atomic E-state index is 0.318. The van der Waals surface area contributed by atoms with Crippen LogP contribution >= 0.6 is 0 Å². The molecular weight excluding hydrogens is 232 g/mol. The summed E-state index contributed by atoms with van der Waals surface area (Å²) in [7, 11) is 0. The Bertz CT molecular complexity index is 508. The number of azo groups is 1. The van der Waals surface area contributed by atoms with Crippen LogP contribution in [-0.2, 0) is 0 Å². The topological polar surface area (TPSA) is 93.9 Å². The van der Waals surface area contributed by atoms with Crippen molar-refractivity contribution in [3.8, 4) is 0 Å². The minimum Gasteiger partial charge on any atom is -0.262 e. The largest absolute Gasteiger partial charge is 0.310 e. The first kappa shape index (κ1) is 12.1. The van der Waals surface area contributed by atoms with Gasteiger partial charge in [-0.25, -0.2) is 0 Å². The lowest BCUT2D eigenvalue weighted by molar-refractivity contribution is -0.539. The summed E-state index contributed by atoms with van der Waals surface area (Å²) in [4.78, 5) is 10.1. The van der Waals surface area contributed by atoms with Gasteiger partial charge in [0.25, 0.3) is 0 Å². The molecule has 2 rings (SSSR count). The molecule has 0 aliphatic heterocycles. The van der Waals surface area contributed by atoms with Gasteiger partial charge in [0, 0.05) is 12.2 Å². The maximum Gasteiger partial charge on any atom is 0.310 e. The fourth-order valence-electron chi connectivity index (χ4n) is 1.45. The van der Waals surface area contributed by atoms with Gasteiger partial charge in [-0.05, 0) is 24.3 Å². The average molecular weight is 244 g/mol. The highest BCUT2D eigenvalue weighted by Crippen LogP contribution is 2.17. The third-order valence-electron chi connectivity index (χ3n) is 2.50. The molecule has 0 heterocycles. The van der Waals surface area contributed by atoms with Crippen LogP contribution in [0.25, 0.3) is 0 Å². The lowest BCUT2D eigenvalue weighted by Gasteiger charge is -2.16. The fraction of sp³-hybridized carbons (Fsp3) is 0.167. The molecule has 6 heteroatoms. The quantitative estimate of drug-likeness (QED) is 0.290. The second-order valence-electron chi connectivity index (χ2n) is 3.90. The Morgan fingerprint density at radius 1 is 1.22 bits per heavy atom. The van der Waals surface area contributed by atoms with Crippen LogP contribution in [0.4, 0.5) is 5.69 Å². The molecule has 1 aromatic rings. The molecule has 18 heavy (non-hydrogen) atoms. The molecule has 2 N–H and O–H groups in total. The van der Waals surface area contributed by atoms with Crippen LogP contribution in [-0.4, -0.2) is 16.6 Å². The highest BCUT2D eigenvalue weighted by atomic mass is 16.6. The minimum atomic E-state index is -1.63. The van der Waals surface area contributed by atoms with E-state index >= 15 is 0 Å². The molecule has 0 atom stereocenters. The van der Waals surface area contributed by atoms with E-state index in [1.165, 1.54) is 12.2 Å². The van der Waals surface area contributed by atoms with Crippen LogP contribution in [0.1, 0.15) is 0 Å². The van der Waals surface area contributed by atoms with Gasteiger partial charge in [0.2, 0.25) is 0 Å². The van der Waals surface area contributed by atoms with Gasteiger partial charge in [-0.1, -0.05) is 18.2 Å². The molecule has 0 amide bonds. The van der Waals surface area contributed by atoms with E-state index in [0.29, 0.717) is 0 Å². The molecule has 0 fully saturated rings. The van der Waals surface area contributed by atoms with Crippen molar-refractivity contribution in [1.29, 1.82) is 0 Å². The van der Waals surface area contributed by atoms with E-state index in [4.69, 9.17) is 5.73 Å². The molecule has 1 aliphatic carbocycles. The number of nitrogens with two attached hydrogens (primary N) is 1. The first-order valence-electron chi connectivity index (χ1n) is 5.38. The predicted octanol–water partition coefficient (Wildman–Crippen LogP) is 2.20. The van der Waals surface area contributed by atoms with Gasteiger partial charge < -0.3 is 0 Å². The summed E-state index contributed by atoms with van der Waals surface area (Å²) < 4.78 is 0. The van der Waals surface area contributed by atoms with Gasteiger partial charge in [0.05, 0.1) is 10.6 Å². The molecule has 0 spiro atoms. The Kier molecular flexibility index (Phi) is 3.29. The predicted molar refractivity (Wildman–Crippen MR) is 66.9 cm³/mol. The molecular formula is C12H12N4O2. The van der Waals surface area contributed by atoms with E-state index in [2.05, 4.69) is 10.2 Å². The van der Waals surface area contributed by atoms with Crippen molar-refractivity contribution in [2.45, 2.75) is 11.7 Å². The number of rotatable bonds is 3. The highest BCUT2D eigenvalue weighted by molar-refractivity contribution is 5.35. The average Bonchev–Trinajstić information content (AvgIpc) is 2.39. The summed E-state index contributed by atoms with van der Waals surface area (Å²) in [5.41, 5.74) is 4.63. The van der Waals surface area contributed by atoms with Crippen molar-refractivity contribution < 1.29 is 4.92 Å². The van der Waals surface area contributed by atoms with Crippen molar-refractivity contribution in [3.05, 3.63) is 64.8 Å². The van der Waals surface area contributed by atoms with E-state index in [1.54, 1.807) is 12.2 Å². The molecule has 0 bridgehead atoms. The van der Waals surface area contributed by atoms with Crippen molar-refractivity contribution in [2.24, 2.45) is 16.0 Å². The maximum absolute atomic E-state index is 10.7. The van der Waals surface area contributed by atoms with Crippen LogP contribution in [0.2, 0.25) is 0 Å². The Morgan fingerprint density at radius 2 is 1.83 bits per heavy atom. The van der Waals surface area contributed by atoms with Gasteiger partial charge >= 0.3 is 5.66 Å². The zero-order chi connectivity index (χ0) is 13.0. The van der Waals surface area contributed by atoms with Gasteiger partial charge in [-0.2, -0.15) is 10.2 Å².